The van der Waals surface area contributed by atoms with Crippen LogP contribution >= 0.6 is 0 Å². The van der Waals surface area contributed by atoms with Gasteiger partial charge in [-0.2, -0.15) is 0 Å². The minimum Gasteiger partial charge on any atom is -0.389 e. The maximum Gasteiger partial charge on any atom is 0.159 e. The predicted molar refractivity (Wildman–Crippen MR) is 66.4 cm³/mol. The van der Waals surface area contributed by atoms with Gasteiger partial charge >= 0.3 is 0 Å². The Hall–Kier alpha value is -1.00. The third-order valence-corrected chi connectivity index (χ3v) is 3.75. The number of nitrogens with zero attached hydrogens (tertiary/aromatic N) is 1. The Morgan fingerprint density at radius 3 is 2.44 bits per heavy atom. The Morgan fingerprint density at radius 2 is 1.89 bits per heavy atom. The number of hydrogen-bond donors (Lipinski definition) is 1. The highest BCUT2D eigenvalue weighted by molar-refractivity contribution is 5.20. The van der Waals surface area contributed by atoms with Crippen LogP contribution in [-0.4, -0.2) is 35.2 Å². The molecule has 0 unspecified atom stereocenters. The van der Waals surface area contributed by atoms with E-state index < -0.39 is 17.2 Å². The van der Waals surface area contributed by atoms with Gasteiger partial charge in [0.25, 0.3) is 0 Å². The molecule has 4 heteroatoms. The van der Waals surface area contributed by atoms with Crippen molar-refractivity contribution in [1.82, 2.24) is 4.90 Å². The largest absolute Gasteiger partial charge is 0.389 e. The molecular weight excluding hydrogens is 236 g/mol. The third kappa shape index (κ3) is 3.06. The van der Waals surface area contributed by atoms with Crippen molar-refractivity contribution in [3.05, 3.63) is 35.4 Å². The minimum atomic E-state index is -0.845. The summed E-state index contributed by atoms with van der Waals surface area (Å²) >= 11 is 0. The summed E-state index contributed by atoms with van der Waals surface area (Å²) in [4.78, 5) is 2.28. The quantitative estimate of drug-likeness (QED) is 0.896. The zero-order valence-electron chi connectivity index (χ0n) is 10.6. The normalized spacial score (nSPS) is 20.0. The Labute approximate surface area is 106 Å². The molecule has 0 radical (unpaired) electrons. The summed E-state index contributed by atoms with van der Waals surface area (Å²) in [6.07, 6.45) is 1.75. The number of aliphatic hydroxyl groups is 1. The molecular formula is C14H19F2NO. The second-order valence-electron chi connectivity index (χ2n) is 5.08. The molecule has 1 N–H and O–H groups in total. The van der Waals surface area contributed by atoms with Crippen molar-refractivity contribution in [2.45, 2.75) is 31.8 Å². The monoisotopic (exact) mass is 255 g/mol. The molecule has 1 aliphatic heterocycles. The molecule has 0 bridgehead atoms. The maximum atomic E-state index is 13.1. The maximum absolute atomic E-state index is 13.1. The molecule has 0 aliphatic carbocycles. The average molecular weight is 255 g/mol. The summed E-state index contributed by atoms with van der Waals surface area (Å²) < 4.78 is 25.9. The SMILES string of the molecule is CCN1CCC(O)(Cc2ccc(F)c(F)c2)CC1. The van der Waals surface area contributed by atoms with Crippen LogP contribution in [-0.2, 0) is 6.42 Å². The van der Waals surface area contributed by atoms with E-state index in [1.807, 2.05) is 0 Å². The van der Waals surface area contributed by atoms with E-state index in [0.29, 0.717) is 24.8 Å². The van der Waals surface area contributed by atoms with E-state index in [9.17, 15) is 13.9 Å². The fourth-order valence-electron chi connectivity index (χ4n) is 2.49. The lowest BCUT2D eigenvalue weighted by Gasteiger charge is -2.37. The number of hydrogen-bond acceptors (Lipinski definition) is 2. The van der Waals surface area contributed by atoms with E-state index in [4.69, 9.17) is 0 Å². The van der Waals surface area contributed by atoms with Crippen LogP contribution in [0.5, 0.6) is 0 Å². The molecule has 0 saturated carbocycles. The van der Waals surface area contributed by atoms with Gasteiger partial charge in [0.1, 0.15) is 0 Å². The topological polar surface area (TPSA) is 23.5 Å². The summed E-state index contributed by atoms with van der Waals surface area (Å²) in [5, 5.41) is 10.5. The van der Waals surface area contributed by atoms with E-state index in [1.165, 1.54) is 6.07 Å². The Bertz CT molecular complexity index is 414. The van der Waals surface area contributed by atoms with Gasteiger partial charge in [0, 0.05) is 19.5 Å². The van der Waals surface area contributed by atoms with Crippen LogP contribution < -0.4 is 0 Å². The van der Waals surface area contributed by atoms with Gasteiger partial charge in [-0.25, -0.2) is 8.78 Å². The first-order valence-corrected chi connectivity index (χ1v) is 6.41. The van der Waals surface area contributed by atoms with Crippen LogP contribution in [0.2, 0.25) is 0 Å². The van der Waals surface area contributed by atoms with Crippen molar-refractivity contribution in [2.24, 2.45) is 0 Å². The molecule has 18 heavy (non-hydrogen) atoms. The second kappa shape index (κ2) is 5.33. The van der Waals surface area contributed by atoms with Crippen molar-refractivity contribution < 1.29 is 13.9 Å². The molecule has 1 heterocycles. The molecule has 1 aromatic carbocycles. The lowest BCUT2D eigenvalue weighted by molar-refractivity contribution is -0.0194. The standard InChI is InChI=1S/C14H19F2NO/c1-2-17-7-5-14(18,6-8-17)10-11-3-4-12(15)13(16)9-11/h3-4,9,18H,2,5-8,10H2,1H3. The van der Waals surface area contributed by atoms with Crippen molar-refractivity contribution >= 4 is 0 Å². The highest BCUT2D eigenvalue weighted by Gasteiger charge is 2.31. The zero-order chi connectivity index (χ0) is 13.2. The molecule has 0 aromatic heterocycles. The van der Waals surface area contributed by atoms with Gasteiger partial charge in [-0.05, 0) is 37.1 Å². The van der Waals surface area contributed by atoms with E-state index in [-0.39, 0.29) is 0 Å². The van der Waals surface area contributed by atoms with Crippen LogP contribution in [0.4, 0.5) is 8.78 Å². The van der Waals surface area contributed by atoms with Crippen LogP contribution in [0.1, 0.15) is 25.3 Å². The van der Waals surface area contributed by atoms with E-state index in [2.05, 4.69) is 11.8 Å². The lowest BCUT2D eigenvalue weighted by atomic mass is 9.85. The fourth-order valence-corrected chi connectivity index (χ4v) is 2.49. The summed E-state index contributed by atoms with van der Waals surface area (Å²) in [5.41, 5.74) is -0.128. The molecule has 0 amide bonds. The van der Waals surface area contributed by atoms with Crippen LogP contribution in [0.25, 0.3) is 0 Å². The number of likely N-dealkylation sites (tertiary alicyclic amines) is 1. The van der Waals surface area contributed by atoms with Crippen molar-refractivity contribution in [1.29, 1.82) is 0 Å². The van der Waals surface area contributed by atoms with Crippen LogP contribution in [0.3, 0.4) is 0 Å². The zero-order valence-corrected chi connectivity index (χ0v) is 10.6. The van der Waals surface area contributed by atoms with Gasteiger partial charge in [-0.15, -0.1) is 0 Å². The lowest BCUT2D eigenvalue weighted by Crippen LogP contribution is -2.45. The number of benzene rings is 1. The molecule has 100 valence electrons. The van der Waals surface area contributed by atoms with Gasteiger partial charge < -0.3 is 10.0 Å². The van der Waals surface area contributed by atoms with Crippen molar-refractivity contribution in [2.75, 3.05) is 19.6 Å². The Kier molecular flexibility index (Phi) is 3.97. The summed E-state index contributed by atoms with van der Waals surface area (Å²) in [5.74, 6) is -1.69. The van der Waals surface area contributed by atoms with Crippen molar-refractivity contribution in [3.8, 4) is 0 Å². The predicted octanol–water partition coefficient (Wildman–Crippen LogP) is 2.35. The molecule has 1 fully saturated rings. The van der Waals surface area contributed by atoms with Gasteiger partial charge in [0.15, 0.2) is 11.6 Å². The molecule has 2 nitrogen and oxygen atoms in total. The fraction of sp³-hybridized carbons (Fsp3) is 0.571. The molecule has 0 spiro atoms. The first-order valence-electron chi connectivity index (χ1n) is 6.41. The third-order valence-electron chi connectivity index (χ3n) is 3.75. The smallest absolute Gasteiger partial charge is 0.159 e. The molecule has 1 saturated heterocycles. The first kappa shape index (κ1) is 13.4. The van der Waals surface area contributed by atoms with Gasteiger partial charge in [-0.1, -0.05) is 13.0 Å². The molecule has 1 aromatic rings. The van der Waals surface area contributed by atoms with Gasteiger partial charge in [-0.3, -0.25) is 0 Å². The summed E-state index contributed by atoms with van der Waals surface area (Å²) in [6.45, 7) is 4.80. The first-order chi connectivity index (χ1) is 8.52. The Balaban J connectivity index is 2.02. The Morgan fingerprint density at radius 1 is 1.22 bits per heavy atom. The van der Waals surface area contributed by atoms with Crippen LogP contribution in [0, 0.1) is 11.6 Å². The highest BCUT2D eigenvalue weighted by Crippen LogP contribution is 2.26. The van der Waals surface area contributed by atoms with Gasteiger partial charge in [0.05, 0.1) is 5.60 Å². The summed E-state index contributed by atoms with van der Waals surface area (Å²) in [7, 11) is 0. The summed E-state index contributed by atoms with van der Waals surface area (Å²) in [6, 6.07) is 3.84. The molecule has 1 aliphatic rings. The molecule has 2 rings (SSSR count). The second-order valence-corrected chi connectivity index (χ2v) is 5.08. The van der Waals surface area contributed by atoms with E-state index >= 15 is 0 Å². The van der Waals surface area contributed by atoms with Crippen molar-refractivity contribution in [3.63, 3.8) is 0 Å². The number of piperidine rings is 1. The average Bonchev–Trinajstić information content (AvgIpc) is 2.35. The van der Waals surface area contributed by atoms with Crippen LogP contribution in [0.15, 0.2) is 18.2 Å². The molecule has 0 atom stereocenters. The minimum absolute atomic E-state index is 0.391. The number of halogens is 2. The van der Waals surface area contributed by atoms with E-state index in [0.717, 1.165) is 25.7 Å². The number of rotatable bonds is 3. The van der Waals surface area contributed by atoms with E-state index in [1.54, 1.807) is 6.07 Å². The highest BCUT2D eigenvalue weighted by atomic mass is 19.2. The van der Waals surface area contributed by atoms with Gasteiger partial charge in [0.2, 0.25) is 0 Å².